The molecule has 34 heavy (non-hydrogen) atoms. The second kappa shape index (κ2) is 8.44. The van der Waals surface area contributed by atoms with E-state index >= 15 is 0 Å². The van der Waals surface area contributed by atoms with E-state index in [-0.39, 0.29) is 17.5 Å². The van der Waals surface area contributed by atoms with E-state index < -0.39 is 21.3 Å². The molecule has 0 radical (unpaired) electrons. The number of hydrogen-bond acceptors (Lipinski definition) is 6. The van der Waals surface area contributed by atoms with Gasteiger partial charge in [0.15, 0.2) is 5.37 Å². The highest BCUT2D eigenvalue weighted by atomic mass is 32.2. The van der Waals surface area contributed by atoms with Crippen LogP contribution in [0.25, 0.3) is 20.9 Å². The number of carbonyl (C=O) groups is 1. The smallest absolute Gasteiger partial charge is 0.256 e. The van der Waals surface area contributed by atoms with E-state index in [0.29, 0.717) is 12.1 Å². The van der Waals surface area contributed by atoms with Crippen LogP contribution in [0.4, 0.5) is 10.1 Å². The summed E-state index contributed by atoms with van der Waals surface area (Å²) in [6.07, 6.45) is 6.23. The first-order chi connectivity index (χ1) is 16.2. The van der Waals surface area contributed by atoms with E-state index in [9.17, 15) is 17.6 Å². The van der Waals surface area contributed by atoms with Crippen LogP contribution in [0.3, 0.4) is 0 Å². The summed E-state index contributed by atoms with van der Waals surface area (Å²) < 4.78 is 42.4. The van der Waals surface area contributed by atoms with Gasteiger partial charge in [-0.25, -0.2) is 13.4 Å². The predicted octanol–water partition coefficient (Wildman–Crippen LogP) is 4.55. The van der Waals surface area contributed by atoms with Crippen molar-refractivity contribution in [2.24, 2.45) is 10.9 Å². The molecule has 0 saturated heterocycles. The maximum absolute atomic E-state index is 14.4. The molecule has 2 aliphatic rings. The van der Waals surface area contributed by atoms with E-state index in [4.69, 9.17) is 0 Å². The van der Waals surface area contributed by atoms with Crippen molar-refractivity contribution in [2.45, 2.75) is 18.8 Å². The Morgan fingerprint density at radius 1 is 1.15 bits per heavy atom. The van der Waals surface area contributed by atoms with Crippen molar-refractivity contribution in [3.05, 3.63) is 71.8 Å². The number of halogens is 1. The fourth-order valence-corrected chi connectivity index (χ4v) is 6.53. The Labute approximate surface area is 200 Å². The predicted molar refractivity (Wildman–Crippen MR) is 132 cm³/mol. The molecule has 0 spiro atoms. The monoisotopic (exact) mass is 496 g/mol. The van der Waals surface area contributed by atoms with Crippen molar-refractivity contribution in [3.8, 4) is 20.9 Å². The van der Waals surface area contributed by atoms with Crippen LogP contribution in [0.1, 0.15) is 22.8 Å². The molecule has 10 heteroatoms. The molecule has 0 fully saturated rings. The number of anilines is 1. The normalized spacial score (nSPS) is 19.5. The molecule has 7 nitrogen and oxygen atoms in total. The average Bonchev–Trinajstić information content (AvgIpc) is 3.40. The number of fused-ring (bicyclic) bond motifs is 1. The SMILES string of the molecule is CC1C=CC=NC1S(=O)(=O)Nc1cc(-c2ccc(-c3ccc4c(c3)CN(C)C4=O)s2)cnc1F. The maximum atomic E-state index is 14.4. The lowest BCUT2D eigenvalue weighted by Crippen LogP contribution is -2.32. The average molecular weight is 497 g/mol. The zero-order chi connectivity index (χ0) is 24.0. The number of rotatable bonds is 5. The number of sulfonamides is 1. The van der Waals surface area contributed by atoms with Crippen molar-refractivity contribution < 1.29 is 17.6 Å². The lowest BCUT2D eigenvalue weighted by molar-refractivity contribution is 0.0816. The molecule has 0 aliphatic carbocycles. The Morgan fingerprint density at radius 2 is 1.91 bits per heavy atom. The summed E-state index contributed by atoms with van der Waals surface area (Å²) >= 11 is 1.48. The minimum absolute atomic E-state index is 0.0186. The van der Waals surface area contributed by atoms with Gasteiger partial charge < -0.3 is 4.90 Å². The van der Waals surface area contributed by atoms with Gasteiger partial charge in [-0.15, -0.1) is 11.3 Å². The van der Waals surface area contributed by atoms with Gasteiger partial charge in [0.2, 0.25) is 5.95 Å². The van der Waals surface area contributed by atoms with Crippen LogP contribution in [0, 0.1) is 11.9 Å². The lowest BCUT2D eigenvalue weighted by atomic mass is 10.1. The lowest BCUT2D eigenvalue weighted by Gasteiger charge is -2.21. The van der Waals surface area contributed by atoms with Gasteiger partial charge in [-0.05, 0) is 47.5 Å². The number of dihydropyridines is 1. The van der Waals surface area contributed by atoms with Gasteiger partial charge in [-0.2, -0.15) is 4.39 Å². The largest absolute Gasteiger partial charge is 0.337 e. The molecular formula is C24H21FN4O3S2. The summed E-state index contributed by atoms with van der Waals surface area (Å²) in [5.74, 6) is -1.23. The van der Waals surface area contributed by atoms with Crippen LogP contribution >= 0.6 is 11.3 Å². The molecule has 1 N–H and O–H groups in total. The van der Waals surface area contributed by atoms with Crippen LogP contribution in [0.2, 0.25) is 0 Å². The topological polar surface area (TPSA) is 91.7 Å². The minimum Gasteiger partial charge on any atom is -0.337 e. The number of thiophene rings is 1. The van der Waals surface area contributed by atoms with Gasteiger partial charge >= 0.3 is 0 Å². The zero-order valence-corrected chi connectivity index (χ0v) is 20.0. The highest BCUT2D eigenvalue weighted by Crippen LogP contribution is 2.37. The van der Waals surface area contributed by atoms with Crippen molar-refractivity contribution in [3.63, 3.8) is 0 Å². The molecule has 0 saturated carbocycles. The highest BCUT2D eigenvalue weighted by molar-refractivity contribution is 7.93. The van der Waals surface area contributed by atoms with Gasteiger partial charge in [0.05, 0.1) is 0 Å². The number of aliphatic imine (C=N–C) groups is 1. The van der Waals surface area contributed by atoms with Crippen molar-refractivity contribution in [2.75, 3.05) is 11.8 Å². The fraction of sp³-hybridized carbons (Fsp3) is 0.208. The molecule has 5 rings (SSSR count). The van der Waals surface area contributed by atoms with E-state index in [2.05, 4.69) is 14.7 Å². The highest BCUT2D eigenvalue weighted by Gasteiger charge is 2.31. The number of amides is 1. The minimum atomic E-state index is -3.97. The van der Waals surface area contributed by atoms with Gasteiger partial charge in [0.1, 0.15) is 5.69 Å². The van der Waals surface area contributed by atoms with Crippen LogP contribution in [0.15, 0.2) is 59.7 Å². The molecule has 3 aromatic rings. The fourth-order valence-electron chi connectivity index (χ4n) is 4.09. The van der Waals surface area contributed by atoms with Crippen molar-refractivity contribution >= 4 is 39.2 Å². The number of pyridine rings is 1. The van der Waals surface area contributed by atoms with Gasteiger partial charge in [0, 0.05) is 52.8 Å². The Morgan fingerprint density at radius 3 is 2.68 bits per heavy atom. The number of nitrogens with one attached hydrogen (secondary N) is 1. The molecule has 2 atom stereocenters. The van der Waals surface area contributed by atoms with Crippen LogP contribution < -0.4 is 4.72 Å². The third kappa shape index (κ3) is 4.03. The molecule has 0 bridgehead atoms. The summed E-state index contributed by atoms with van der Waals surface area (Å²) in [7, 11) is -2.19. The molecule has 174 valence electrons. The number of nitrogens with zero attached hydrogens (tertiary/aromatic N) is 3. The van der Waals surface area contributed by atoms with E-state index in [1.54, 1.807) is 31.0 Å². The third-order valence-electron chi connectivity index (χ3n) is 5.86. The first-order valence-corrected chi connectivity index (χ1v) is 13.0. The molecule has 1 aromatic carbocycles. The first-order valence-electron chi connectivity index (χ1n) is 10.6. The van der Waals surface area contributed by atoms with Crippen molar-refractivity contribution in [1.82, 2.24) is 9.88 Å². The standard InChI is InChI=1S/C24H21FN4O3S2/c1-14-4-3-9-26-23(14)34(31,32)28-19-11-16(12-27-22(19)25)21-8-7-20(33-21)15-5-6-18-17(10-15)13-29(2)24(18)30/h3-12,14,23,28H,13H2,1-2H3. The summed E-state index contributed by atoms with van der Waals surface area (Å²) in [4.78, 5) is 23.4. The van der Waals surface area contributed by atoms with Crippen molar-refractivity contribution in [1.29, 1.82) is 0 Å². The molecular weight excluding hydrogens is 475 g/mol. The molecule has 4 heterocycles. The molecule has 2 aromatic heterocycles. The Hall–Kier alpha value is -3.37. The van der Waals surface area contributed by atoms with E-state index in [1.165, 1.54) is 29.8 Å². The van der Waals surface area contributed by atoms with Gasteiger partial charge in [0.25, 0.3) is 15.9 Å². The first kappa shape index (κ1) is 22.4. The second-order valence-corrected chi connectivity index (χ2v) is 11.2. The quantitative estimate of drug-likeness (QED) is 0.525. The number of carbonyl (C=O) groups excluding carboxylic acids is 1. The summed E-state index contributed by atoms with van der Waals surface area (Å²) in [5, 5.41) is -1.04. The van der Waals surface area contributed by atoms with Crippen LogP contribution in [-0.2, 0) is 16.6 Å². The van der Waals surface area contributed by atoms with Crippen LogP contribution in [-0.4, -0.2) is 42.8 Å². The van der Waals surface area contributed by atoms with Crippen LogP contribution in [0.5, 0.6) is 0 Å². The maximum Gasteiger partial charge on any atom is 0.256 e. The summed E-state index contributed by atoms with van der Waals surface area (Å²) in [5.41, 5.74) is 3.05. The Balaban J connectivity index is 1.42. The summed E-state index contributed by atoms with van der Waals surface area (Å²) in [6, 6.07) is 11.0. The molecule has 1 amide bonds. The Kier molecular flexibility index (Phi) is 5.57. The number of benzene rings is 1. The van der Waals surface area contributed by atoms with Gasteiger partial charge in [-0.3, -0.25) is 14.5 Å². The third-order valence-corrected chi connectivity index (χ3v) is 8.73. The molecule has 2 aliphatic heterocycles. The molecule has 2 unspecified atom stereocenters. The number of allylic oxidation sites excluding steroid dienone is 1. The second-order valence-electron chi connectivity index (χ2n) is 8.34. The summed E-state index contributed by atoms with van der Waals surface area (Å²) in [6.45, 7) is 2.31. The number of hydrogen-bond donors (Lipinski definition) is 1. The Bertz CT molecular complexity index is 1460. The van der Waals surface area contributed by atoms with E-state index in [0.717, 1.165) is 26.4 Å². The van der Waals surface area contributed by atoms with Gasteiger partial charge in [-0.1, -0.05) is 19.1 Å². The number of aromatic nitrogens is 1. The van der Waals surface area contributed by atoms with E-state index in [1.807, 2.05) is 30.3 Å². The zero-order valence-electron chi connectivity index (χ0n) is 18.4.